The van der Waals surface area contributed by atoms with Crippen LogP contribution in [0.1, 0.15) is 32.6 Å². The number of hydrogen-bond acceptors (Lipinski definition) is 7. The van der Waals surface area contributed by atoms with Gasteiger partial charge in [-0.2, -0.15) is 11.8 Å². The third kappa shape index (κ3) is 11.4. The van der Waals surface area contributed by atoms with Gasteiger partial charge in [0.2, 0.25) is 0 Å². The van der Waals surface area contributed by atoms with Crippen LogP contribution in [-0.2, 0) is 22.8 Å². The Morgan fingerprint density at radius 2 is 1.71 bits per heavy atom. The van der Waals surface area contributed by atoms with Gasteiger partial charge in [-0.25, -0.2) is 0 Å². The van der Waals surface area contributed by atoms with Crippen LogP contribution in [0, 0.1) is 0 Å². The van der Waals surface area contributed by atoms with Crippen molar-refractivity contribution in [1.82, 2.24) is 4.90 Å². The molecular weight excluding hydrogens is 346 g/mol. The Morgan fingerprint density at radius 1 is 1.04 bits per heavy atom. The highest BCUT2D eigenvalue weighted by molar-refractivity contribution is 7.99. The molecule has 6 nitrogen and oxygen atoms in total. The third-order valence-electron chi connectivity index (χ3n) is 3.78. The molecule has 0 aliphatic carbocycles. The molecule has 0 heterocycles. The zero-order chi connectivity index (χ0) is 18.3. The fourth-order valence-corrected chi connectivity index (χ4v) is 4.97. The van der Waals surface area contributed by atoms with Gasteiger partial charge in [-0.3, -0.25) is 4.79 Å². The van der Waals surface area contributed by atoms with Crippen LogP contribution in [0.4, 0.5) is 0 Å². The normalized spacial score (nSPS) is 11.9. The third-order valence-corrected chi connectivity index (χ3v) is 7.69. The van der Waals surface area contributed by atoms with Crippen LogP contribution in [0.5, 0.6) is 0 Å². The molecule has 0 aromatic heterocycles. The van der Waals surface area contributed by atoms with Gasteiger partial charge < -0.3 is 22.9 Å². The van der Waals surface area contributed by atoms with E-state index in [4.69, 9.17) is 18.0 Å². The fourth-order valence-electron chi connectivity index (χ4n) is 2.13. The van der Waals surface area contributed by atoms with Crippen LogP contribution < -0.4 is 0 Å². The van der Waals surface area contributed by atoms with Crippen molar-refractivity contribution in [2.75, 3.05) is 59.6 Å². The molecule has 0 rings (SSSR count). The van der Waals surface area contributed by atoms with E-state index in [-0.39, 0.29) is 5.97 Å². The van der Waals surface area contributed by atoms with Crippen LogP contribution in [0.15, 0.2) is 0 Å². The number of nitrogens with zero attached hydrogens (tertiary/aromatic N) is 1. The Labute approximate surface area is 152 Å². The number of likely N-dealkylation sites (N-methyl/N-ethyl adjacent to an activating group) is 1. The minimum absolute atomic E-state index is 0.110. The predicted octanol–water partition coefficient (Wildman–Crippen LogP) is 2.65. The van der Waals surface area contributed by atoms with Crippen molar-refractivity contribution < 1.29 is 22.8 Å². The van der Waals surface area contributed by atoms with Gasteiger partial charge in [0.1, 0.15) is 6.61 Å². The first-order chi connectivity index (χ1) is 11.5. The highest BCUT2D eigenvalue weighted by atomic mass is 32.2. The maximum atomic E-state index is 11.7. The molecule has 24 heavy (non-hydrogen) atoms. The first-order valence-corrected chi connectivity index (χ1v) is 11.7. The Morgan fingerprint density at radius 3 is 2.29 bits per heavy atom. The largest absolute Gasteiger partial charge is 0.500 e. The summed E-state index contributed by atoms with van der Waals surface area (Å²) in [6.45, 7) is 4.51. The quantitative estimate of drug-likeness (QED) is 0.231. The summed E-state index contributed by atoms with van der Waals surface area (Å²) < 4.78 is 21.4. The van der Waals surface area contributed by atoms with E-state index < -0.39 is 8.80 Å². The van der Waals surface area contributed by atoms with E-state index in [1.54, 1.807) is 33.1 Å². The SMILES string of the molecule is CCCCN(C)CCOC(=O)CCSCCC[Si](OC)(OC)OC. The Balaban J connectivity index is 3.59. The molecule has 144 valence electrons. The number of thioether (sulfide) groups is 1. The van der Waals surface area contributed by atoms with Gasteiger partial charge in [0.15, 0.2) is 0 Å². The smallest absolute Gasteiger partial charge is 0.464 e. The lowest BCUT2D eigenvalue weighted by Crippen LogP contribution is -2.42. The van der Waals surface area contributed by atoms with Gasteiger partial charge in [-0.1, -0.05) is 13.3 Å². The number of carbonyl (C=O) groups excluding carboxylic acids is 1. The van der Waals surface area contributed by atoms with E-state index in [2.05, 4.69) is 18.9 Å². The average Bonchev–Trinajstić information content (AvgIpc) is 2.60. The van der Waals surface area contributed by atoms with Gasteiger partial charge >= 0.3 is 14.8 Å². The molecule has 0 saturated carbocycles. The molecule has 0 bridgehead atoms. The van der Waals surface area contributed by atoms with Gasteiger partial charge in [-0.05, 0) is 32.2 Å². The number of unbranched alkanes of at least 4 members (excludes halogenated alkanes) is 1. The summed E-state index contributed by atoms with van der Waals surface area (Å²) in [7, 11) is 4.49. The van der Waals surface area contributed by atoms with Crippen molar-refractivity contribution >= 4 is 26.5 Å². The Hall–Kier alpha value is -0.123. The molecule has 0 radical (unpaired) electrons. The number of rotatable bonds is 16. The summed E-state index contributed by atoms with van der Waals surface area (Å²) in [5.74, 6) is 1.63. The van der Waals surface area contributed by atoms with Crippen LogP contribution in [-0.4, -0.2) is 79.3 Å². The number of esters is 1. The molecule has 0 N–H and O–H groups in total. The first kappa shape index (κ1) is 23.9. The monoisotopic (exact) mass is 381 g/mol. The lowest BCUT2D eigenvalue weighted by atomic mass is 10.3. The maximum absolute atomic E-state index is 11.7. The predicted molar refractivity (Wildman–Crippen MR) is 102 cm³/mol. The zero-order valence-electron chi connectivity index (χ0n) is 16.0. The number of ether oxygens (including phenoxy) is 1. The number of carbonyl (C=O) groups is 1. The highest BCUT2D eigenvalue weighted by Gasteiger charge is 2.36. The second-order valence-corrected chi connectivity index (χ2v) is 9.95. The Kier molecular flexibility index (Phi) is 15.1. The van der Waals surface area contributed by atoms with Crippen molar-refractivity contribution in [2.24, 2.45) is 0 Å². The summed E-state index contributed by atoms with van der Waals surface area (Å²) in [4.78, 5) is 13.9. The molecule has 0 aromatic rings. The summed E-state index contributed by atoms with van der Waals surface area (Å²) in [5.41, 5.74) is 0. The molecule has 0 aromatic carbocycles. The molecule has 8 heteroatoms. The van der Waals surface area contributed by atoms with Gasteiger partial charge in [0, 0.05) is 39.7 Å². The first-order valence-electron chi connectivity index (χ1n) is 8.61. The van der Waals surface area contributed by atoms with Gasteiger partial charge in [0.05, 0.1) is 6.42 Å². The standard InChI is InChI=1S/C16H35NO5SSi/c1-6-7-10-17(2)11-12-22-16(18)9-14-23-13-8-15-24(19-3,20-4)21-5/h6-15H2,1-5H3. The van der Waals surface area contributed by atoms with Crippen molar-refractivity contribution in [1.29, 1.82) is 0 Å². The molecule has 0 atom stereocenters. The highest BCUT2D eigenvalue weighted by Crippen LogP contribution is 2.17. The van der Waals surface area contributed by atoms with Crippen molar-refractivity contribution in [3.05, 3.63) is 0 Å². The van der Waals surface area contributed by atoms with Crippen LogP contribution in [0.25, 0.3) is 0 Å². The van der Waals surface area contributed by atoms with Crippen LogP contribution in [0.3, 0.4) is 0 Å². The maximum Gasteiger partial charge on any atom is 0.500 e. The van der Waals surface area contributed by atoms with Crippen LogP contribution >= 0.6 is 11.8 Å². The summed E-state index contributed by atoms with van der Waals surface area (Å²) in [5, 5.41) is 0. The molecule has 0 fully saturated rings. The molecule has 0 aliphatic rings. The minimum Gasteiger partial charge on any atom is -0.464 e. The van der Waals surface area contributed by atoms with E-state index in [9.17, 15) is 4.79 Å². The summed E-state index contributed by atoms with van der Waals surface area (Å²) >= 11 is 1.75. The molecule has 0 saturated heterocycles. The van der Waals surface area contributed by atoms with Gasteiger partial charge in [0.25, 0.3) is 0 Å². The summed E-state index contributed by atoms with van der Waals surface area (Å²) in [6, 6.07) is 0.790. The molecule has 0 amide bonds. The van der Waals surface area contributed by atoms with E-state index in [0.717, 1.165) is 37.1 Å². The zero-order valence-corrected chi connectivity index (χ0v) is 17.8. The van der Waals surface area contributed by atoms with Crippen molar-refractivity contribution in [2.45, 2.75) is 38.7 Å². The second-order valence-electron chi connectivity index (χ2n) is 5.64. The van der Waals surface area contributed by atoms with E-state index in [0.29, 0.717) is 13.0 Å². The molecule has 0 spiro atoms. The van der Waals surface area contributed by atoms with E-state index in [1.165, 1.54) is 12.8 Å². The van der Waals surface area contributed by atoms with E-state index >= 15 is 0 Å². The fraction of sp³-hybridized carbons (Fsp3) is 0.938. The van der Waals surface area contributed by atoms with Crippen molar-refractivity contribution in [3.8, 4) is 0 Å². The molecule has 0 unspecified atom stereocenters. The summed E-state index contributed by atoms with van der Waals surface area (Å²) in [6.07, 6.45) is 3.78. The van der Waals surface area contributed by atoms with E-state index in [1.807, 2.05) is 0 Å². The Bertz CT molecular complexity index is 311. The lowest BCUT2D eigenvalue weighted by molar-refractivity contribution is -0.143. The molecular formula is C16H35NO5SSi. The van der Waals surface area contributed by atoms with Gasteiger partial charge in [-0.15, -0.1) is 0 Å². The molecule has 0 aliphatic heterocycles. The topological polar surface area (TPSA) is 57.2 Å². The van der Waals surface area contributed by atoms with Crippen LogP contribution in [0.2, 0.25) is 6.04 Å². The lowest BCUT2D eigenvalue weighted by Gasteiger charge is -2.24. The number of hydrogen-bond donors (Lipinski definition) is 0. The minimum atomic E-state index is -2.45. The van der Waals surface area contributed by atoms with Crippen molar-refractivity contribution in [3.63, 3.8) is 0 Å². The average molecular weight is 382 g/mol. The second kappa shape index (κ2) is 15.2.